The molecular weight excluding hydrogens is 314 g/mol. The fourth-order valence-corrected chi connectivity index (χ4v) is 3.53. The lowest BCUT2D eigenvalue weighted by atomic mass is 9.97. The second-order valence-corrected chi connectivity index (χ2v) is 6.86. The Morgan fingerprint density at radius 3 is 2.48 bits per heavy atom. The van der Waals surface area contributed by atoms with Crippen molar-refractivity contribution in [3.63, 3.8) is 0 Å². The molecule has 0 radical (unpaired) electrons. The molecule has 0 saturated carbocycles. The van der Waals surface area contributed by atoms with E-state index in [1.54, 1.807) is 19.1 Å². The highest BCUT2D eigenvalue weighted by atomic mass is 16.4. The number of carbonyl (C=O) groups is 2. The maximum atomic E-state index is 11.5. The maximum Gasteiger partial charge on any atom is 0.335 e. The van der Waals surface area contributed by atoms with Gasteiger partial charge in [-0.15, -0.1) is 0 Å². The van der Waals surface area contributed by atoms with E-state index in [9.17, 15) is 9.59 Å². The van der Waals surface area contributed by atoms with E-state index in [1.807, 2.05) is 30.3 Å². The molecule has 1 N–H and O–H groups in total. The third-order valence-electron chi connectivity index (χ3n) is 4.81. The van der Waals surface area contributed by atoms with Gasteiger partial charge >= 0.3 is 5.97 Å². The first-order valence-electron chi connectivity index (χ1n) is 8.66. The number of hydrogen-bond donors (Lipinski definition) is 1. The Labute approximate surface area is 148 Å². The minimum atomic E-state index is -0.875. The molecule has 0 spiro atoms. The average molecular weight is 337 g/mol. The number of carboxylic acids is 1. The molecule has 130 valence electrons. The first-order chi connectivity index (χ1) is 12.0. The van der Waals surface area contributed by atoms with Crippen molar-refractivity contribution < 1.29 is 14.7 Å². The molecule has 1 fully saturated rings. The van der Waals surface area contributed by atoms with Crippen LogP contribution in [-0.2, 0) is 13.0 Å². The number of carboxylic acid groups (broad SMARTS) is 1. The molecule has 1 aliphatic heterocycles. The lowest BCUT2D eigenvalue weighted by molar-refractivity contribution is 0.0696. The molecule has 0 bridgehead atoms. The minimum absolute atomic E-state index is 0.0967. The van der Waals surface area contributed by atoms with Gasteiger partial charge in [-0.25, -0.2) is 4.79 Å². The van der Waals surface area contributed by atoms with Crippen LogP contribution in [0.3, 0.4) is 0 Å². The standard InChI is InChI=1S/C21H23NO3/c1-15(23)19-6-3-5-17(12-19)13-22-9-8-18(14-22)10-16-4-2-7-20(11-16)21(24)25/h2-7,11-12,18H,8-10,13-14H2,1H3,(H,24,25). The summed E-state index contributed by atoms with van der Waals surface area (Å²) in [6.07, 6.45) is 2.02. The summed E-state index contributed by atoms with van der Waals surface area (Å²) in [5, 5.41) is 9.11. The van der Waals surface area contributed by atoms with E-state index >= 15 is 0 Å². The van der Waals surface area contributed by atoms with Crippen LogP contribution in [-0.4, -0.2) is 34.8 Å². The number of hydrogen-bond acceptors (Lipinski definition) is 3. The quantitative estimate of drug-likeness (QED) is 0.818. The summed E-state index contributed by atoms with van der Waals surface area (Å²) in [6.45, 7) is 4.48. The van der Waals surface area contributed by atoms with Gasteiger partial charge in [0.05, 0.1) is 5.56 Å². The summed E-state index contributed by atoms with van der Waals surface area (Å²) in [5.74, 6) is -0.236. The van der Waals surface area contributed by atoms with Gasteiger partial charge in [0.25, 0.3) is 0 Å². The Bertz CT molecular complexity index is 719. The largest absolute Gasteiger partial charge is 0.478 e. The highest BCUT2D eigenvalue weighted by Gasteiger charge is 2.23. The first-order valence-corrected chi connectivity index (χ1v) is 8.66. The molecule has 4 nitrogen and oxygen atoms in total. The number of benzene rings is 2. The van der Waals surface area contributed by atoms with Gasteiger partial charge in [-0.05, 0) is 61.6 Å². The van der Waals surface area contributed by atoms with Crippen LogP contribution in [0.25, 0.3) is 0 Å². The number of aromatic carboxylic acids is 1. The maximum absolute atomic E-state index is 11.5. The van der Waals surface area contributed by atoms with E-state index in [2.05, 4.69) is 11.0 Å². The molecule has 0 amide bonds. The highest BCUT2D eigenvalue weighted by molar-refractivity contribution is 5.94. The molecule has 1 atom stereocenters. The zero-order valence-corrected chi connectivity index (χ0v) is 14.4. The minimum Gasteiger partial charge on any atom is -0.478 e. The van der Waals surface area contributed by atoms with Crippen LogP contribution >= 0.6 is 0 Å². The van der Waals surface area contributed by atoms with Crippen molar-refractivity contribution in [2.75, 3.05) is 13.1 Å². The number of Topliss-reactive ketones (excluding diaryl/α,β-unsaturated/α-hetero) is 1. The third-order valence-corrected chi connectivity index (χ3v) is 4.81. The van der Waals surface area contributed by atoms with Crippen LogP contribution in [0.1, 0.15) is 45.2 Å². The van der Waals surface area contributed by atoms with E-state index in [0.29, 0.717) is 11.5 Å². The predicted molar refractivity (Wildman–Crippen MR) is 96.9 cm³/mol. The zero-order chi connectivity index (χ0) is 17.8. The summed E-state index contributed by atoms with van der Waals surface area (Å²) < 4.78 is 0. The number of likely N-dealkylation sites (tertiary alicyclic amines) is 1. The number of nitrogens with zero attached hydrogens (tertiary/aromatic N) is 1. The second-order valence-electron chi connectivity index (χ2n) is 6.86. The van der Waals surface area contributed by atoms with Crippen LogP contribution in [0.5, 0.6) is 0 Å². The van der Waals surface area contributed by atoms with Crippen molar-refractivity contribution in [3.05, 3.63) is 70.8 Å². The molecule has 1 saturated heterocycles. The van der Waals surface area contributed by atoms with Gasteiger partial charge in [0, 0.05) is 18.7 Å². The highest BCUT2D eigenvalue weighted by Crippen LogP contribution is 2.23. The molecule has 0 aliphatic carbocycles. The molecule has 4 heteroatoms. The van der Waals surface area contributed by atoms with Gasteiger partial charge in [0.1, 0.15) is 0 Å². The Balaban J connectivity index is 1.58. The monoisotopic (exact) mass is 337 g/mol. The Hall–Kier alpha value is -2.46. The number of ketones is 1. The van der Waals surface area contributed by atoms with Crippen LogP contribution in [0, 0.1) is 5.92 Å². The lowest BCUT2D eigenvalue weighted by Gasteiger charge is -2.16. The van der Waals surface area contributed by atoms with Crippen molar-refractivity contribution in [1.82, 2.24) is 4.90 Å². The van der Waals surface area contributed by atoms with Gasteiger partial charge in [0.15, 0.2) is 5.78 Å². The fraction of sp³-hybridized carbons (Fsp3) is 0.333. The van der Waals surface area contributed by atoms with Gasteiger partial charge in [-0.3, -0.25) is 9.69 Å². The summed E-state index contributed by atoms with van der Waals surface area (Å²) in [5.41, 5.74) is 3.37. The van der Waals surface area contributed by atoms with E-state index in [0.717, 1.165) is 43.6 Å². The smallest absolute Gasteiger partial charge is 0.335 e. The summed E-state index contributed by atoms with van der Waals surface area (Å²) >= 11 is 0. The summed E-state index contributed by atoms with van der Waals surface area (Å²) in [7, 11) is 0. The van der Waals surface area contributed by atoms with Crippen LogP contribution in [0.4, 0.5) is 0 Å². The van der Waals surface area contributed by atoms with E-state index in [-0.39, 0.29) is 5.78 Å². The van der Waals surface area contributed by atoms with Crippen LogP contribution < -0.4 is 0 Å². The number of carbonyl (C=O) groups excluding carboxylic acids is 1. The molecule has 2 aromatic carbocycles. The average Bonchev–Trinajstić information content (AvgIpc) is 3.02. The molecule has 1 unspecified atom stereocenters. The van der Waals surface area contributed by atoms with Gasteiger partial charge in [-0.2, -0.15) is 0 Å². The molecule has 2 aromatic rings. The Morgan fingerprint density at radius 1 is 1.08 bits per heavy atom. The lowest BCUT2D eigenvalue weighted by Crippen LogP contribution is -2.20. The topological polar surface area (TPSA) is 57.6 Å². The molecule has 1 heterocycles. The molecule has 3 rings (SSSR count). The van der Waals surface area contributed by atoms with Crippen molar-refractivity contribution >= 4 is 11.8 Å². The van der Waals surface area contributed by atoms with Crippen molar-refractivity contribution in [1.29, 1.82) is 0 Å². The van der Waals surface area contributed by atoms with Crippen molar-refractivity contribution in [2.45, 2.75) is 26.3 Å². The molecule has 0 aromatic heterocycles. The first kappa shape index (κ1) is 17.4. The zero-order valence-electron chi connectivity index (χ0n) is 14.4. The van der Waals surface area contributed by atoms with E-state index < -0.39 is 5.97 Å². The normalized spacial score (nSPS) is 17.6. The van der Waals surface area contributed by atoms with Gasteiger partial charge in [0.2, 0.25) is 0 Å². The Kier molecular flexibility index (Phi) is 5.29. The van der Waals surface area contributed by atoms with Crippen molar-refractivity contribution in [3.8, 4) is 0 Å². The summed E-state index contributed by atoms with van der Waals surface area (Å²) in [4.78, 5) is 25.0. The molecular formula is C21H23NO3. The van der Waals surface area contributed by atoms with Crippen LogP contribution in [0.2, 0.25) is 0 Å². The van der Waals surface area contributed by atoms with E-state index in [4.69, 9.17) is 5.11 Å². The van der Waals surface area contributed by atoms with Crippen LogP contribution in [0.15, 0.2) is 48.5 Å². The number of rotatable bonds is 6. The fourth-order valence-electron chi connectivity index (χ4n) is 3.53. The summed E-state index contributed by atoms with van der Waals surface area (Å²) in [6, 6.07) is 15.1. The second kappa shape index (κ2) is 7.62. The predicted octanol–water partition coefficient (Wildman–Crippen LogP) is 3.65. The Morgan fingerprint density at radius 2 is 1.76 bits per heavy atom. The van der Waals surface area contributed by atoms with Crippen molar-refractivity contribution in [2.24, 2.45) is 5.92 Å². The molecule has 25 heavy (non-hydrogen) atoms. The third kappa shape index (κ3) is 4.54. The van der Waals surface area contributed by atoms with E-state index in [1.165, 1.54) is 5.56 Å². The molecule has 1 aliphatic rings. The van der Waals surface area contributed by atoms with Gasteiger partial charge < -0.3 is 5.11 Å². The van der Waals surface area contributed by atoms with Gasteiger partial charge in [-0.1, -0.05) is 30.3 Å². The SMILES string of the molecule is CC(=O)c1cccc(CN2CCC(Cc3cccc(C(=O)O)c3)C2)c1.